The second-order valence-corrected chi connectivity index (χ2v) is 10.4. The van der Waals surface area contributed by atoms with Crippen LogP contribution in [-0.4, -0.2) is 33.5 Å². The van der Waals surface area contributed by atoms with Crippen molar-refractivity contribution in [2.24, 2.45) is 0 Å². The fourth-order valence-electron chi connectivity index (χ4n) is 2.87. The first kappa shape index (κ1) is 23.0. The fraction of sp³-hybridized carbons (Fsp3) is 0.375. The van der Waals surface area contributed by atoms with Gasteiger partial charge >= 0.3 is 0 Å². The largest absolute Gasteiger partial charge is 0.492 e. The molecule has 0 aliphatic heterocycles. The molecular formula is C24H30N2O4S. The van der Waals surface area contributed by atoms with E-state index in [9.17, 15) is 13.2 Å². The van der Waals surface area contributed by atoms with Crippen LogP contribution in [0.1, 0.15) is 44.7 Å². The van der Waals surface area contributed by atoms with Gasteiger partial charge in [0.1, 0.15) is 12.4 Å². The number of nitrogens with one attached hydrogen (secondary N) is 2. The molecular weight excluding hydrogens is 412 g/mol. The second kappa shape index (κ2) is 9.66. The lowest BCUT2D eigenvalue weighted by Gasteiger charge is -2.19. The summed E-state index contributed by atoms with van der Waals surface area (Å²) in [6.45, 7) is 7.24. The highest BCUT2D eigenvalue weighted by Gasteiger charge is 2.27. The van der Waals surface area contributed by atoms with Crippen molar-refractivity contribution in [3.63, 3.8) is 0 Å². The number of ether oxygens (including phenoxy) is 1. The SMILES string of the molecule is CC(C)(C)c1ccc(OCCNC(=O)/C=C/c2ccc(S(=O)(=O)NC3CC3)cc2)cc1. The molecule has 7 heteroatoms. The molecule has 1 fully saturated rings. The molecule has 166 valence electrons. The Bertz CT molecular complexity index is 1020. The third-order valence-electron chi connectivity index (χ3n) is 4.91. The highest BCUT2D eigenvalue weighted by Crippen LogP contribution is 2.24. The first-order chi connectivity index (χ1) is 14.6. The summed E-state index contributed by atoms with van der Waals surface area (Å²) in [7, 11) is -3.46. The molecule has 0 unspecified atom stereocenters. The molecule has 1 amide bonds. The quantitative estimate of drug-likeness (QED) is 0.459. The molecule has 1 aliphatic carbocycles. The van der Waals surface area contributed by atoms with Gasteiger partial charge in [-0.3, -0.25) is 4.79 Å². The van der Waals surface area contributed by atoms with Crippen LogP contribution in [0, 0.1) is 0 Å². The standard InChI is InChI=1S/C24H30N2O4S/c1-24(2,3)19-7-11-21(12-8-19)30-17-16-25-23(27)15-6-18-4-13-22(14-5-18)31(28,29)26-20-9-10-20/h4-8,11-15,20,26H,9-10,16-17H2,1-3H3,(H,25,27)/b15-6+. The Kier molecular flexibility index (Phi) is 7.18. The van der Waals surface area contributed by atoms with E-state index in [0.29, 0.717) is 13.2 Å². The van der Waals surface area contributed by atoms with E-state index < -0.39 is 10.0 Å². The zero-order valence-electron chi connectivity index (χ0n) is 18.2. The maximum atomic E-state index is 12.2. The molecule has 2 aromatic carbocycles. The van der Waals surface area contributed by atoms with Crippen molar-refractivity contribution >= 4 is 22.0 Å². The second-order valence-electron chi connectivity index (χ2n) is 8.71. The van der Waals surface area contributed by atoms with Gasteiger partial charge in [-0.2, -0.15) is 0 Å². The molecule has 0 spiro atoms. The number of hydrogen-bond acceptors (Lipinski definition) is 4. The topological polar surface area (TPSA) is 84.5 Å². The van der Waals surface area contributed by atoms with Crippen molar-refractivity contribution in [2.45, 2.75) is 50.0 Å². The smallest absolute Gasteiger partial charge is 0.244 e. The lowest BCUT2D eigenvalue weighted by Crippen LogP contribution is -2.26. The molecule has 0 heterocycles. The van der Waals surface area contributed by atoms with Crippen molar-refractivity contribution in [2.75, 3.05) is 13.2 Å². The van der Waals surface area contributed by atoms with Crippen LogP contribution in [0.3, 0.4) is 0 Å². The van der Waals surface area contributed by atoms with Gasteiger partial charge in [-0.05, 0) is 59.7 Å². The first-order valence-electron chi connectivity index (χ1n) is 10.5. The molecule has 2 N–H and O–H groups in total. The number of amides is 1. The van der Waals surface area contributed by atoms with Gasteiger partial charge in [-0.25, -0.2) is 13.1 Å². The third-order valence-corrected chi connectivity index (χ3v) is 6.44. The van der Waals surface area contributed by atoms with E-state index in [-0.39, 0.29) is 22.3 Å². The van der Waals surface area contributed by atoms with Crippen LogP contribution in [0.2, 0.25) is 0 Å². The van der Waals surface area contributed by atoms with Crippen LogP contribution in [0.15, 0.2) is 59.5 Å². The van der Waals surface area contributed by atoms with E-state index in [0.717, 1.165) is 24.2 Å². The van der Waals surface area contributed by atoms with E-state index in [4.69, 9.17) is 4.74 Å². The Balaban J connectivity index is 1.41. The van der Waals surface area contributed by atoms with Gasteiger partial charge in [0.05, 0.1) is 11.4 Å². The molecule has 3 rings (SSSR count). The summed E-state index contributed by atoms with van der Waals surface area (Å²) in [5.74, 6) is 0.530. The van der Waals surface area contributed by atoms with E-state index in [1.54, 1.807) is 30.3 Å². The molecule has 2 aromatic rings. The average molecular weight is 443 g/mol. The van der Waals surface area contributed by atoms with E-state index >= 15 is 0 Å². The molecule has 1 saturated carbocycles. The van der Waals surface area contributed by atoms with Crippen LogP contribution in [0.25, 0.3) is 6.08 Å². The van der Waals surface area contributed by atoms with Crippen molar-refractivity contribution in [1.29, 1.82) is 0 Å². The van der Waals surface area contributed by atoms with Gasteiger partial charge in [0.2, 0.25) is 15.9 Å². The number of hydrogen-bond donors (Lipinski definition) is 2. The Morgan fingerprint density at radius 2 is 1.71 bits per heavy atom. The van der Waals surface area contributed by atoms with E-state index in [1.807, 2.05) is 12.1 Å². The first-order valence-corrected chi connectivity index (χ1v) is 11.9. The Morgan fingerprint density at radius 1 is 1.06 bits per heavy atom. The minimum Gasteiger partial charge on any atom is -0.492 e. The van der Waals surface area contributed by atoms with E-state index in [2.05, 4.69) is 42.9 Å². The number of sulfonamides is 1. The van der Waals surface area contributed by atoms with Crippen LogP contribution in [0.5, 0.6) is 5.75 Å². The van der Waals surface area contributed by atoms with Crippen molar-refractivity contribution in [3.05, 3.63) is 65.7 Å². The fourth-order valence-corrected chi connectivity index (χ4v) is 4.18. The zero-order chi connectivity index (χ0) is 22.5. The van der Waals surface area contributed by atoms with Gasteiger partial charge in [0.25, 0.3) is 0 Å². The van der Waals surface area contributed by atoms with Crippen LogP contribution in [-0.2, 0) is 20.2 Å². The van der Waals surface area contributed by atoms with Crippen LogP contribution in [0.4, 0.5) is 0 Å². The number of benzene rings is 2. The molecule has 0 bridgehead atoms. The van der Waals surface area contributed by atoms with Crippen molar-refractivity contribution in [1.82, 2.24) is 10.0 Å². The molecule has 1 aliphatic rings. The number of carbonyl (C=O) groups excluding carboxylic acids is 1. The van der Waals surface area contributed by atoms with Gasteiger partial charge < -0.3 is 10.1 Å². The van der Waals surface area contributed by atoms with Crippen LogP contribution >= 0.6 is 0 Å². The maximum absolute atomic E-state index is 12.2. The normalized spacial score (nSPS) is 14.5. The summed E-state index contributed by atoms with van der Waals surface area (Å²) in [5.41, 5.74) is 2.08. The summed E-state index contributed by atoms with van der Waals surface area (Å²) >= 11 is 0. The molecule has 0 atom stereocenters. The number of rotatable bonds is 9. The minimum atomic E-state index is -3.46. The third kappa shape index (κ3) is 7.22. The lowest BCUT2D eigenvalue weighted by molar-refractivity contribution is -0.116. The molecule has 6 nitrogen and oxygen atoms in total. The summed E-state index contributed by atoms with van der Waals surface area (Å²) in [6.07, 6.45) is 4.85. The summed E-state index contributed by atoms with van der Waals surface area (Å²) < 4.78 is 32.6. The Morgan fingerprint density at radius 3 is 2.29 bits per heavy atom. The molecule has 31 heavy (non-hydrogen) atoms. The van der Waals surface area contributed by atoms with Gasteiger partial charge in [-0.15, -0.1) is 0 Å². The predicted molar refractivity (Wildman–Crippen MR) is 122 cm³/mol. The summed E-state index contributed by atoms with van der Waals surface area (Å²) in [6, 6.07) is 14.5. The molecule has 0 saturated heterocycles. The van der Waals surface area contributed by atoms with Crippen LogP contribution < -0.4 is 14.8 Å². The number of carbonyl (C=O) groups is 1. The molecule has 0 aromatic heterocycles. The van der Waals surface area contributed by atoms with Gasteiger partial charge in [-0.1, -0.05) is 45.0 Å². The average Bonchev–Trinajstić information content (AvgIpc) is 3.53. The molecule has 0 radical (unpaired) electrons. The van der Waals surface area contributed by atoms with Crippen molar-refractivity contribution in [3.8, 4) is 5.75 Å². The van der Waals surface area contributed by atoms with E-state index in [1.165, 1.54) is 11.6 Å². The Labute approximate surface area is 184 Å². The highest BCUT2D eigenvalue weighted by molar-refractivity contribution is 7.89. The monoisotopic (exact) mass is 442 g/mol. The zero-order valence-corrected chi connectivity index (χ0v) is 19.0. The van der Waals surface area contributed by atoms with Gasteiger partial charge in [0, 0.05) is 12.1 Å². The summed E-state index contributed by atoms with van der Waals surface area (Å²) in [5, 5.41) is 2.77. The lowest BCUT2D eigenvalue weighted by atomic mass is 9.87. The maximum Gasteiger partial charge on any atom is 0.244 e. The van der Waals surface area contributed by atoms with Gasteiger partial charge in [0.15, 0.2) is 0 Å². The Hall–Kier alpha value is -2.64. The minimum absolute atomic E-state index is 0.0695. The van der Waals surface area contributed by atoms with Crippen molar-refractivity contribution < 1.29 is 17.9 Å². The predicted octanol–water partition coefficient (Wildman–Crippen LogP) is 3.63. The highest BCUT2D eigenvalue weighted by atomic mass is 32.2. The summed E-state index contributed by atoms with van der Waals surface area (Å²) in [4.78, 5) is 12.2.